The molecule has 0 aliphatic heterocycles. The summed E-state index contributed by atoms with van der Waals surface area (Å²) < 4.78 is 0. The van der Waals surface area contributed by atoms with Gasteiger partial charge >= 0.3 is 0 Å². The van der Waals surface area contributed by atoms with Gasteiger partial charge in [0.25, 0.3) is 0 Å². The summed E-state index contributed by atoms with van der Waals surface area (Å²) in [5, 5.41) is 7.70. The first-order chi connectivity index (χ1) is 26.2. The predicted molar refractivity (Wildman–Crippen MR) is 222 cm³/mol. The van der Waals surface area contributed by atoms with E-state index in [1.807, 2.05) is 0 Å². The smallest absolute Gasteiger partial charge is 0.0540 e. The summed E-state index contributed by atoms with van der Waals surface area (Å²) in [4.78, 5) is 2.51. The summed E-state index contributed by atoms with van der Waals surface area (Å²) in [6, 6.07) is 61.9. The molecule has 0 unspecified atom stereocenters. The molecule has 0 heterocycles. The van der Waals surface area contributed by atoms with Crippen molar-refractivity contribution in [2.24, 2.45) is 23.7 Å². The third kappa shape index (κ3) is 4.20. The highest BCUT2D eigenvalue weighted by atomic mass is 15.1. The maximum Gasteiger partial charge on any atom is 0.0540 e. The molecule has 4 saturated carbocycles. The van der Waals surface area contributed by atoms with Gasteiger partial charge in [-0.15, -0.1) is 0 Å². The maximum absolute atomic E-state index is 2.56. The summed E-state index contributed by atoms with van der Waals surface area (Å²) in [5.74, 6) is 3.41. The fourth-order valence-corrected chi connectivity index (χ4v) is 12.2. The van der Waals surface area contributed by atoms with Gasteiger partial charge in [-0.3, -0.25) is 0 Å². The summed E-state index contributed by atoms with van der Waals surface area (Å²) in [6.07, 6.45) is 7.10. The Bertz CT molecular complexity index is 2720. The van der Waals surface area contributed by atoms with Gasteiger partial charge in [0.1, 0.15) is 0 Å². The number of hydrogen-bond acceptors (Lipinski definition) is 1. The molecule has 5 aliphatic rings. The first kappa shape index (κ1) is 29.9. The summed E-state index contributed by atoms with van der Waals surface area (Å²) in [6.45, 7) is 0. The molecule has 1 nitrogen and oxygen atoms in total. The van der Waals surface area contributed by atoms with Crippen molar-refractivity contribution in [3.05, 3.63) is 175 Å². The van der Waals surface area contributed by atoms with Crippen LogP contribution in [0.15, 0.2) is 164 Å². The molecule has 0 radical (unpaired) electrons. The van der Waals surface area contributed by atoms with Gasteiger partial charge < -0.3 is 4.90 Å². The van der Waals surface area contributed by atoms with Crippen LogP contribution in [-0.4, -0.2) is 0 Å². The normalized spacial score (nSPS) is 23.5. The summed E-state index contributed by atoms with van der Waals surface area (Å²) in [7, 11) is 0. The van der Waals surface area contributed by atoms with Crippen LogP contribution in [0, 0.1) is 23.7 Å². The van der Waals surface area contributed by atoms with Gasteiger partial charge in [-0.1, -0.05) is 127 Å². The topological polar surface area (TPSA) is 3.24 Å². The quantitative estimate of drug-likeness (QED) is 0.167. The number of benzene rings is 8. The van der Waals surface area contributed by atoms with Crippen molar-refractivity contribution in [1.29, 1.82) is 0 Å². The summed E-state index contributed by atoms with van der Waals surface area (Å²) in [5.41, 5.74) is 12.4. The molecule has 0 N–H and O–H groups in total. The lowest BCUT2D eigenvalue weighted by Gasteiger charge is -2.61. The Balaban J connectivity index is 1.04. The molecule has 4 fully saturated rings. The SMILES string of the molecule is c1ccc2c(c1)-c1cc(N(c3ccc(-c4cc5ccccc5c5ccccc45)cc3)c3cccc4ccccc34)ccc1C21C2CC3CC(C2)CC1C3. The molecule has 8 aromatic rings. The number of anilines is 3. The molecule has 1 spiro atoms. The first-order valence-corrected chi connectivity index (χ1v) is 19.8. The van der Waals surface area contributed by atoms with Gasteiger partial charge in [-0.2, -0.15) is 0 Å². The van der Waals surface area contributed by atoms with E-state index in [1.165, 1.54) is 104 Å². The second-order valence-electron chi connectivity index (χ2n) is 16.5. The van der Waals surface area contributed by atoms with Gasteiger partial charge in [-0.05, 0) is 152 Å². The lowest BCUT2D eigenvalue weighted by Crippen LogP contribution is -2.55. The van der Waals surface area contributed by atoms with Gasteiger partial charge in [0.2, 0.25) is 0 Å². The molecule has 254 valence electrons. The van der Waals surface area contributed by atoms with Gasteiger partial charge in [0.15, 0.2) is 0 Å². The van der Waals surface area contributed by atoms with Crippen LogP contribution in [0.1, 0.15) is 43.2 Å². The highest BCUT2D eigenvalue weighted by molar-refractivity contribution is 6.13. The van der Waals surface area contributed by atoms with Crippen molar-refractivity contribution >= 4 is 49.4 Å². The number of hydrogen-bond donors (Lipinski definition) is 0. The maximum atomic E-state index is 2.56. The fraction of sp³-hybridized carbons (Fsp3) is 0.192. The van der Waals surface area contributed by atoms with Crippen LogP contribution in [0.25, 0.3) is 54.6 Å². The molecule has 8 aromatic carbocycles. The molecule has 13 rings (SSSR count). The Morgan fingerprint density at radius 1 is 0.396 bits per heavy atom. The van der Waals surface area contributed by atoms with Crippen LogP contribution in [0.4, 0.5) is 17.1 Å². The van der Waals surface area contributed by atoms with E-state index in [2.05, 4.69) is 169 Å². The number of rotatable bonds is 4. The van der Waals surface area contributed by atoms with Crippen molar-refractivity contribution in [3.8, 4) is 22.3 Å². The molecule has 4 bridgehead atoms. The van der Waals surface area contributed by atoms with Crippen LogP contribution in [0.3, 0.4) is 0 Å². The molecule has 5 aliphatic carbocycles. The molecule has 0 saturated heterocycles. The second-order valence-corrected chi connectivity index (χ2v) is 16.5. The Morgan fingerprint density at radius 3 is 1.79 bits per heavy atom. The Hall–Kier alpha value is -5.66. The van der Waals surface area contributed by atoms with Gasteiger partial charge in [0.05, 0.1) is 5.69 Å². The molecule has 0 amide bonds. The standard InChI is InChI=1S/C52H41N/c1-4-14-43-35(10-1)12-9-19-51(43)53(40-22-20-36(21-23-40)47-31-37-11-2-3-13-42(37)44-15-5-6-16-45(44)47)41-24-25-50-48(32-41)46-17-7-8-18-49(46)52(50)38-27-33-26-34(29-38)30-39(52)28-33/h1-25,31-34,38-39H,26-30H2. The minimum atomic E-state index is 0.173. The molecular weight excluding hydrogens is 639 g/mol. The zero-order chi connectivity index (χ0) is 34.7. The lowest BCUT2D eigenvalue weighted by atomic mass is 9.43. The average molecular weight is 680 g/mol. The zero-order valence-corrected chi connectivity index (χ0v) is 29.9. The molecule has 0 aromatic heterocycles. The molecule has 1 heteroatoms. The summed E-state index contributed by atoms with van der Waals surface area (Å²) >= 11 is 0. The van der Waals surface area contributed by atoms with Crippen LogP contribution < -0.4 is 4.90 Å². The molecule has 53 heavy (non-hydrogen) atoms. The average Bonchev–Trinajstić information content (AvgIpc) is 3.50. The molecular formula is C52H41N. The van der Waals surface area contributed by atoms with Crippen LogP contribution in [0.5, 0.6) is 0 Å². The van der Waals surface area contributed by atoms with E-state index in [0.29, 0.717) is 0 Å². The van der Waals surface area contributed by atoms with Gasteiger partial charge in [-0.25, -0.2) is 0 Å². The fourth-order valence-electron chi connectivity index (χ4n) is 12.2. The second kappa shape index (κ2) is 11.2. The minimum Gasteiger partial charge on any atom is -0.310 e. The van der Waals surface area contributed by atoms with Crippen molar-refractivity contribution in [2.45, 2.75) is 37.5 Å². The minimum absolute atomic E-state index is 0.173. The van der Waals surface area contributed by atoms with Crippen LogP contribution in [0.2, 0.25) is 0 Å². The Labute approximate surface area is 311 Å². The van der Waals surface area contributed by atoms with Crippen molar-refractivity contribution in [2.75, 3.05) is 4.90 Å². The predicted octanol–water partition coefficient (Wildman–Crippen LogP) is 14.0. The van der Waals surface area contributed by atoms with E-state index in [-0.39, 0.29) is 5.41 Å². The van der Waals surface area contributed by atoms with E-state index < -0.39 is 0 Å². The lowest BCUT2D eigenvalue weighted by molar-refractivity contribution is -0.0399. The van der Waals surface area contributed by atoms with Crippen molar-refractivity contribution in [3.63, 3.8) is 0 Å². The highest BCUT2D eigenvalue weighted by Gasteiger charge is 2.61. The Kier molecular flexibility index (Phi) is 6.30. The van der Waals surface area contributed by atoms with Gasteiger partial charge in [0, 0.05) is 22.2 Å². The van der Waals surface area contributed by atoms with Crippen molar-refractivity contribution in [1.82, 2.24) is 0 Å². The van der Waals surface area contributed by atoms with Crippen LogP contribution in [-0.2, 0) is 5.41 Å². The third-order valence-electron chi connectivity index (χ3n) is 14.0. The van der Waals surface area contributed by atoms with E-state index in [9.17, 15) is 0 Å². The first-order valence-electron chi connectivity index (χ1n) is 19.8. The van der Waals surface area contributed by atoms with E-state index in [4.69, 9.17) is 0 Å². The highest BCUT2D eigenvalue weighted by Crippen LogP contribution is 2.69. The number of fused-ring (bicyclic) bond motifs is 7. The zero-order valence-electron chi connectivity index (χ0n) is 29.9. The molecule has 0 atom stereocenters. The van der Waals surface area contributed by atoms with Crippen LogP contribution >= 0.6 is 0 Å². The van der Waals surface area contributed by atoms with E-state index >= 15 is 0 Å². The van der Waals surface area contributed by atoms with E-state index in [0.717, 1.165) is 23.7 Å². The third-order valence-corrected chi connectivity index (χ3v) is 14.0. The Morgan fingerprint density at radius 2 is 1.00 bits per heavy atom. The van der Waals surface area contributed by atoms with Crippen molar-refractivity contribution < 1.29 is 0 Å². The largest absolute Gasteiger partial charge is 0.310 e. The number of nitrogens with zero attached hydrogens (tertiary/aromatic N) is 1. The monoisotopic (exact) mass is 679 g/mol. The van der Waals surface area contributed by atoms with E-state index in [1.54, 1.807) is 11.1 Å².